The zero-order valence-electron chi connectivity index (χ0n) is 25.3. The number of nitrogens with two attached hydrogens (primary N) is 2. The number of benzene rings is 2. The van der Waals surface area contributed by atoms with Crippen LogP contribution in [0.4, 0.5) is 11.4 Å². The van der Waals surface area contributed by atoms with Crippen molar-refractivity contribution in [1.82, 2.24) is 0 Å². The Hall–Kier alpha value is -2.95. The SMILES string of the molecule is CC(C)CCCCCCCCCCCCC(C(C)C)C(C=O)(C(=O)c1ccc(N)cc1)C(=O)c1ccc(N)cc1. The lowest BCUT2D eigenvalue weighted by atomic mass is 9.62. The van der Waals surface area contributed by atoms with E-state index in [4.69, 9.17) is 11.5 Å². The van der Waals surface area contributed by atoms with Gasteiger partial charge in [-0.15, -0.1) is 0 Å². The number of hydrogen-bond donors (Lipinski definition) is 2. The molecule has 0 radical (unpaired) electrons. The number of unbranched alkanes of at least 4 members (excludes halogenated alkanes) is 9. The predicted molar refractivity (Wildman–Crippen MR) is 167 cm³/mol. The smallest absolute Gasteiger partial charge is 0.184 e. The van der Waals surface area contributed by atoms with Crippen LogP contribution in [0, 0.1) is 23.2 Å². The van der Waals surface area contributed by atoms with Crippen LogP contribution >= 0.6 is 0 Å². The molecule has 0 bridgehead atoms. The van der Waals surface area contributed by atoms with E-state index in [1.807, 2.05) is 13.8 Å². The van der Waals surface area contributed by atoms with Crippen molar-refractivity contribution in [3.05, 3.63) is 59.7 Å². The number of aldehydes is 1. The van der Waals surface area contributed by atoms with Gasteiger partial charge in [0.25, 0.3) is 0 Å². The van der Waals surface area contributed by atoms with E-state index in [2.05, 4.69) is 13.8 Å². The van der Waals surface area contributed by atoms with Gasteiger partial charge in [-0.1, -0.05) is 98.3 Å². The van der Waals surface area contributed by atoms with Crippen LogP contribution in [-0.2, 0) is 4.79 Å². The van der Waals surface area contributed by atoms with E-state index in [1.165, 1.54) is 51.4 Å². The van der Waals surface area contributed by atoms with Gasteiger partial charge in [-0.3, -0.25) is 9.59 Å². The summed E-state index contributed by atoms with van der Waals surface area (Å²) in [6.45, 7) is 8.57. The highest BCUT2D eigenvalue weighted by Crippen LogP contribution is 2.41. The molecule has 0 amide bonds. The van der Waals surface area contributed by atoms with Gasteiger partial charge >= 0.3 is 0 Å². The molecule has 1 unspecified atom stereocenters. The Bertz CT molecular complexity index is 984. The highest BCUT2D eigenvalue weighted by Gasteiger charge is 2.53. The van der Waals surface area contributed by atoms with Gasteiger partial charge in [-0.25, -0.2) is 0 Å². The Labute approximate surface area is 242 Å². The molecule has 5 nitrogen and oxygen atoms in total. The zero-order chi connectivity index (χ0) is 29.5. The number of anilines is 2. The standard InChI is InChI=1S/C35H52N2O3/c1-26(2)15-13-11-9-7-5-6-8-10-12-14-16-32(27(3)4)35(25-38,33(39)28-17-21-30(36)22-18-28)34(40)29-19-23-31(37)24-20-29/h17-27,32H,5-16,36-37H2,1-4H3. The quantitative estimate of drug-likeness (QED) is 0.0566. The lowest BCUT2D eigenvalue weighted by molar-refractivity contribution is -0.115. The first-order valence-electron chi connectivity index (χ1n) is 15.4. The lowest BCUT2D eigenvalue weighted by Gasteiger charge is -2.36. The molecule has 2 rings (SSSR count). The summed E-state index contributed by atoms with van der Waals surface area (Å²) in [5.41, 5.74) is 11.6. The second kappa shape index (κ2) is 17.0. The molecule has 220 valence electrons. The van der Waals surface area contributed by atoms with E-state index in [1.54, 1.807) is 48.5 Å². The normalized spacial score (nSPS) is 12.6. The first kappa shape index (κ1) is 33.3. The minimum absolute atomic E-state index is 0.0450. The molecular formula is C35H52N2O3. The summed E-state index contributed by atoms with van der Waals surface area (Å²) in [5.74, 6) is -0.589. The molecule has 0 heterocycles. The molecule has 0 aliphatic rings. The Morgan fingerprint density at radius 3 is 1.30 bits per heavy atom. The molecule has 1 atom stereocenters. The van der Waals surface area contributed by atoms with Gasteiger partial charge < -0.3 is 16.3 Å². The second-order valence-electron chi connectivity index (χ2n) is 12.2. The van der Waals surface area contributed by atoms with Crippen molar-refractivity contribution in [3.63, 3.8) is 0 Å². The molecule has 4 N–H and O–H groups in total. The first-order chi connectivity index (χ1) is 19.1. The van der Waals surface area contributed by atoms with Crippen LogP contribution in [0.3, 0.4) is 0 Å². The Morgan fingerprint density at radius 1 is 0.625 bits per heavy atom. The van der Waals surface area contributed by atoms with Gasteiger partial charge in [-0.2, -0.15) is 0 Å². The molecule has 0 spiro atoms. The maximum Gasteiger partial charge on any atom is 0.184 e. The summed E-state index contributed by atoms with van der Waals surface area (Å²) in [6.07, 6.45) is 14.7. The third-order valence-electron chi connectivity index (χ3n) is 8.22. The molecule has 0 saturated heterocycles. The number of carbonyl (C=O) groups excluding carboxylic acids is 3. The molecule has 40 heavy (non-hydrogen) atoms. The second-order valence-corrected chi connectivity index (χ2v) is 12.2. The van der Waals surface area contributed by atoms with Gasteiger partial charge in [-0.05, 0) is 72.7 Å². The first-order valence-corrected chi connectivity index (χ1v) is 15.4. The highest BCUT2D eigenvalue weighted by atomic mass is 16.2. The molecule has 2 aromatic carbocycles. The minimum Gasteiger partial charge on any atom is -0.399 e. The number of carbonyl (C=O) groups is 3. The summed E-state index contributed by atoms with van der Waals surface area (Å²) in [6, 6.07) is 12.9. The number of nitrogen functional groups attached to an aromatic ring is 2. The fourth-order valence-electron chi connectivity index (χ4n) is 5.80. The number of hydrogen-bond acceptors (Lipinski definition) is 5. The molecule has 0 fully saturated rings. The Kier molecular flexibility index (Phi) is 14.1. The van der Waals surface area contributed by atoms with Crippen LogP contribution in [0.1, 0.15) is 125 Å². The number of Topliss-reactive ketones (excluding diaryl/α,β-unsaturated/α-hetero) is 2. The number of ketones is 2. The van der Waals surface area contributed by atoms with Crippen LogP contribution in [0.25, 0.3) is 0 Å². The van der Waals surface area contributed by atoms with Crippen molar-refractivity contribution in [1.29, 1.82) is 0 Å². The van der Waals surface area contributed by atoms with Crippen molar-refractivity contribution in [3.8, 4) is 0 Å². The molecule has 5 heteroatoms. The number of rotatable bonds is 20. The fourth-order valence-corrected chi connectivity index (χ4v) is 5.80. The van der Waals surface area contributed by atoms with Crippen molar-refractivity contribution < 1.29 is 14.4 Å². The Morgan fingerprint density at radius 2 is 0.975 bits per heavy atom. The monoisotopic (exact) mass is 548 g/mol. The average Bonchev–Trinajstić information content (AvgIpc) is 2.93. The summed E-state index contributed by atoms with van der Waals surface area (Å²) in [7, 11) is 0. The van der Waals surface area contributed by atoms with E-state index in [0.717, 1.165) is 25.2 Å². The molecular weight excluding hydrogens is 496 g/mol. The van der Waals surface area contributed by atoms with E-state index in [9.17, 15) is 14.4 Å². The van der Waals surface area contributed by atoms with Gasteiger partial charge in [0.15, 0.2) is 17.0 Å². The summed E-state index contributed by atoms with van der Waals surface area (Å²) in [4.78, 5) is 41.1. The van der Waals surface area contributed by atoms with E-state index >= 15 is 0 Å². The van der Waals surface area contributed by atoms with E-state index < -0.39 is 22.9 Å². The van der Waals surface area contributed by atoms with Crippen LogP contribution in [-0.4, -0.2) is 17.9 Å². The summed E-state index contributed by atoms with van der Waals surface area (Å²) < 4.78 is 0. The summed E-state index contributed by atoms with van der Waals surface area (Å²) in [5, 5.41) is 0. The van der Waals surface area contributed by atoms with Crippen LogP contribution in [0.2, 0.25) is 0 Å². The van der Waals surface area contributed by atoms with Crippen molar-refractivity contribution >= 4 is 29.2 Å². The average molecular weight is 549 g/mol. The zero-order valence-corrected chi connectivity index (χ0v) is 25.3. The van der Waals surface area contributed by atoms with Crippen LogP contribution < -0.4 is 11.5 Å². The van der Waals surface area contributed by atoms with Gasteiger partial charge in [0.1, 0.15) is 6.29 Å². The largest absolute Gasteiger partial charge is 0.399 e. The van der Waals surface area contributed by atoms with E-state index in [-0.39, 0.29) is 5.92 Å². The van der Waals surface area contributed by atoms with Gasteiger partial charge in [0.05, 0.1) is 0 Å². The molecule has 0 saturated carbocycles. The molecule has 0 aromatic heterocycles. The van der Waals surface area contributed by atoms with Crippen molar-refractivity contribution in [2.24, 2.45) is 23.2 Å². The third kappa shape index (κ3) is 9.60. The topological polar surface area (TPSA) is 103 Å². The maximum absolute atomic E-state index is 14.1. The van der Waals surface area contributed by atoms with Crippen LogP contribution in [0.5, 0.6) is 0 Å². The fraction of sp³-hybridized carbons (Fsp3) is 0.571. The lowest BCUT2D eigenvalue weighted by Crippen LogP contribution is -2.49. The molecule has 0 aliphatic heterocycles. The predicted octanol–water partition coefficient (Wildman–Crippen LogP) is 8.71. The van der Waals surface area contributed by atoms with Crippen molar-refractivity contribution in [2.45, 2.75) is 105 Å². The van der Waals surface area contributed by atoms with Crippen LogP contribution in [0.15, 0.2) is 48.5 Å². The third-order valence-corrected chi connectivity index (χ3v) is 8.22. The highest BCUT2D eigenvalue weighted by molar-refractivity contribution is 6.28. The minimum atomic E-state index is -1.81. The van der Waals surface area contributed by atoms with Gasteiger partial charge in [0, 0.05) is 22.5 Å². The van der Waals surface area contributed by atoms with Crippen molar-refractivity contribution in [2.75, 3.05) is 11.5 Å². The molecule has 0 aliphatic carbocycles. The summed E-state index contributed by atoms with van der Waals surface area (Å²) >= 11 is 0. The van der Waals surface area contributed by atoms with Gasteiger partial charge in [0.2, 0.25) is 0 Å². The molecule has 2 aromatic rings. The Balaban J connectivity index is 2.07. The van der Waals surface area contributed by atoms with E-state index in [0.29, 0.717) is 35.2 Å². The maximum atomic E-state index is 14.1.